The van der Waals surface area contributed by atoms with Crippen LogP contribution in [0, 0.1) is 11.3 Å². The molecule has 0 N–H and O–H groups in total. The zero-order chi connectivity index (χ0) is 15.4. The Hall–Kier alpha value is -1.41. The molecule has 116 valence electrons. The largest absolute Gasteiger partial charge is 0.362 e. The number of ether oxygens (including phenoxy) is 1. The van der Waals surface area contributed by atoms with Gasteiger partial charge in [-0.05, 0) is 31.7 Å². The number of hydrogen-bond acceptors (Lipinski definition) is 2. The van der Waals surface area contributed by atoms with E-state index in [9.17, 15) is 0 Å². The van der Waals surface area contributed by atoms with Gasteiger partial charge in [0.25, 0.3) is 0 Å². The zero-order valence-corrected chi connectivity index (χ0v) is 13.8. The van der Waals surface area contributed by atoms with Crippen molar-refractivity contribution in [3.8, 4) is 0 Å². The minimum absolute atomic E-state index is 0.00541. The monoisotopic (exact) mass is 295 g/mol. The van der Waals surface area contributed by atoms with Crippen LogP contribution in [0.5, 0.6) is 0 Å². The molecule has 2 bridgehead atoms. The third-order valence-electron chi connectivity index (χ3n) is 5.87. The lowest BCUT2D eigenvalue weighted by Gasteiger charge is -2.46. The smallest absolute Gasteiger partial charge is 0.0952 e. The Bertz CT molecular complexity index is 630. The first kappa shape index (κ1) is 14.2. The van der Waals surface area contributed by atoms with E-state index in [1.165, 1.54) is 24.1 Å². The van der Waals surface area contributed by atoms with E-state index in [0.29, 0.717) is 5.92 Å². The van der Waals surface area contributed by atoms with Gasteiger partial charge in [-0.25, -0.2) is 0 Å². The maximum atomic E-state index is 6.45. The second-order valence-corrected chi connectivity index (χ2v) is 7.62. The molecule has 1 spiro atoms. The second-order valence-electron chi connectivity index (χ2n) is 7.62. The van der Waals surface area contributed by atoms with Gasteiger partial charge in [-0.1, -0.05) is 56.3 Å². The summed E-state index contributed by atoms with van der Waals surface area (Å²) < 4.78 is 6.45. The molecule has 2 nitrogen and oxygen atoms in total. The Kier molecular flexibility index (Phi) is 3.09. The van der Waals surface area contributed by atoms with Gasteiger partial charge in [-0.15, -0.1) is 0 Å². The van der Waals surface area contributed by atoms with Crippen molar-refractivity contribution in [2.45, 2.75) is 57.8 Å². The molecule has 4 rings (SSSR count). The summed E-state index contributed by atoms with van der Waals surface area (Å²) in [6, 6.07) is 10.8. The summed E-state index contributed by atoms with van der Waals surface area (Å²) in [4.78, 5) is 5.23. The van der Waals surface area contributed by atoms with Crippen molar-refractivity contribution in [3.05, 3.63) is 48.0 Å². The molecule has 0 aromatic heterocycles. The number of benzene rings is 1. The van der Waals surface area contributed by atoms with Gasteiger partial charge in [0.2, 0.25) is 0 Å². The summed E-state index contributed by atoms with van der Waals surface area (Å²) >= 11 is 0. The van der Waals surface area contributed by atoms with Crippen molar-refractivity contribution in [2.24, 2.45) is 16.3 Å². The Balaban J connectivity index is 1.75. The zero-order valence-electron chi connectivity index (χ0n) is 13.8. The van der Waals surface area contributed by atoms with E-state index in [2.05, 4.69) is 63.3 Å². The third kappa shape index (κ3) is 1.93. The average Bonchev–Trinajstić information content (AvgIpc) is 3.12. The standard InChI is InChI=1S/C20H25NO/c1-14(15-8-5-4-6-9-15)21-18-16-10-7-12-20(16)13-11-17(22-20)19(18,2)3/h4-6,8-9,11,13-14,16-17H,7,10,12H2,1-3H3/t14-,16+,17+,20-/m0/s1. The quantitative estimate of drug-likeness (QED) is 0.723. The summed E-state index contributed by atoms with van der Waals surface area (Å²) in [5.74, 6) is 0.462. The molecule has 1 saturated heterocycles. The molecule has 2 fully saturated rings. The molecule has 0 unspecified atom stereocenters. The van der Waals surface area contributed by atoms with Crippen LogP contribution in [-0.2, 0) is 4.74 Å². The molecule has 2 heterocycles. The molecule has 22 heavy (non-hydrogen) atoms. The topological polar surface area (TPSA) is 21.6 Å². The maximum Gasteiger partial charge on any atom is 0.0952 e. The lowest BCUT2D eigenvalue weighted by molar-refractivity contribution is -0.0840. The van der Waals surface area contributed by atoms with E-state index in [1.54, 1.807) is 0 Å². The van der Waals surface area contributed by atoms with Crippen molar-refractivity contribution in [2.75, 3.05) is 0 Å². The number of nitrogens with zero attached hydrogens (tertiary/aromatic N) is 1. The van der Waals surface area contributed by atoms with Gasteiger partial charge in [-0.2, -0.15) is 0 Å². The number of rotatable bonds is 2. The van der Waals surface area contributed by atoms with Crippen molar-refractivity contribution in [1.82, 2.24) is 0 Å². The lowest BCUT2D eigenvalue weighted by atomic mass is 9.71. The lowest BCUT2D eigenvalue weighted by Crippen LogP contribution is -2.53. The van der Waals surface area contributed by atoms with E-state index < -0.39 is 0 Å². The van der Waals surface area contributed by atoms with Crippen molar-refractivity contribution in [1.29, 1.82) is 0 Å². The van der Waals surface area contributed by atoms with E-state index in [4.69, 9.17) is 9.73 Å². The Labute approximate surface area is 133 Å². The highest BCUT2D eigenvalue weighted by molar-refractivity contribution is 5.95. The van der Waals surface area contributed by atoms with Crippen LogP contribution < -0.4 is 0 Å². The first-order chi connectivity index (χ1) is 10.5. The van der Waals surface area contributed by atoms with E-state index in [1.807, 2.05) is 0 Å². The minimum Gasteiger partial charge on any atom is -0.362 e. The average molecular weight is 295 g/mol. The van der Waals surface area contributed by atoms with Gasteiger partial charge in [0.1, 0.15) is 0 Å². The highest BCUT2D eigenvalue weighted by Gasteiger charge is 2.58. The Morgan fingerprint density at radius 2 is 2.00 bits per heavy atom. The summed E-state index contributed by atoms with van der Waals surface area (Å²) in [6.45, 7) is 6.81. The fourth-order valence-electron chi connectivity index (χ4n) is 4.53. The molecular formula is C20H25NO. The minimum atomic E-state index is -0.0462. The second kappa shape index (κ2) is 4.79. The van der Waals surface area contributed by atoms with Crippen molar-refractivity contribution in [3.63, 3.8) is 0 Å². The molecule has 0 amide bonds. The van der Waals surface area contributed by atoms with E-state index in [0.717, 1.165) is 6.42 Å². The van der Waals surface area contributed by atoms with E-state index >= 15 is 0 Å². The third-order valence-corrected chi connectivity index (χ3v) is 5.87. The number of fused-ring (bicyclic) bond motifs is 1. The summed E-state index contributed by atoms with van der Waals surface area (Å²) in [6.07, 6.45) is 8.42. The molecule has 0 radical (unpaired) electrons. The highest BCUT2D eigenvalue weighted by atomic mass is 16.5. The van der Waals surface area contributed by atoms with Crippen molar-refractivity contribution >= 4 is 5.71 Å². The van der Waals surface area contributed by atoms with Gasteiger partial charge in [-0.3, -0.25) is 4.99 Å². The predicted octanol–water partition coefficient (Wildman–Crippen LogP) is 4.72. The molecule has 1 aromatic carbocycles. The van der Waals surface area contributed by atoms with Crippen LogP contribution in [0.3, 0.4) is 0 Å². The Morgan fingerprint density at radius 3 is 2.77 bits per heavy atom. The molecular weight excluding hydrogens is 270 g/mol. The highest BCUT2D eigenvalue weighted by Crippen LogP contribution is 2.55. The van der Waals surface area contributed by atoms with Gasteiger partial charge in [0, 0.05) is 17.0 Å². The summed E-state index contributed by atoms with van der Waals surface area (Å²) in [5.41, 5.74) is 2.62. The molecule has 4 atom stereocenters. The van der Waals surface area contributed by atoms with Gasteiger partial charge < -0.3 is 4.74 Å². The van der Waals surface area contributed by atoms with Crippen LogP contribution in [0.1, 0.15) is 51.6 Å². The van der Waals surface area contributed by atoms with Crippen LogP contribution in [-0.4, -0.2) is 17.4 Å². The van der Waals surface area contributed by atoms with Crippen LogP contribution in [0.2, 0.25) is 0 Å². The molecule has 1 saturated carbocycles. The Morgan fingerprint density at radius 1 is 1.23 bits per heavy atom. The van der Waals surface area contributed by atoms with Gasteiger partial charge in [0.05, 0.1) is 17.7 Å². The first-order valence-corrected chi connectivity index (χ1v) is 8.53. The first-order valence-electron chi connectivity index (χ1n) is 8.53. The predicted molar refractivity (Wildman–Crippen MR) is 90.2 cm³/mol. The molecule has 2 aliphatic heterocycles. The molecule has 1 aromatic rings. The van der Waals surface area contributed by atoms with E-state index in [-0.39, 0.29) is 23.2 Å². The molecule has 1 aliphatic carbocycles. The summed E-state index contributed by atoms with van der Waals surface area (Å²) in [5, 5.41) is 0. The van der Waals surface area contributed by atoms with Crippen LogP contribution >= 0.6 is 0 Å². The molecule has 3 aliphatic rings. The van der Waals surface area contributed by atoms with Crippen LogP contribution in [0.25, 0.3) is 0 Å². The van der Waals surface area contributed by atoms with Crippen molar-refractivity contribution < 1.29 is 4.74 Å². The fourth-order valence-corrected chi connectivity index (χ4v) is 4.53. The maximum absolute atomic E-state index is 6.45. The fraction of sp³-hybridized carbons (Fsp3) is 0.550. The SMILES string of the molecule is C[C@H](N=C1[C@H]2CCC[C@]23C=C[C@@H](O3)C1(C)C)c1ccccc1. The van der Waals surface area contributed by atoms with Gasteiger partial charge in [0.15, 0.2) is 0 Å². The molecule has 2 heteroatoms. The van der Waals surface area contributed by atoms with Crippen LogP contribution in [0.15, 0.2) is 47.5 Å². The normalized spacial score (nSPS) is 38.2. The summed E-state index contributed by atoms with van der Waals surface area (Å²) in [7, 11) is 0. The van der Waals surface area contributed by atoms with Gasteiger partial charge >= 0.3 is 0 Å². The number of aliphatic imine (C=N–C) groups is 1. The number of hydrogen-bond donors (Lipinski definition) is 0. The van der Waals surface area contributed by atoms with Crippen LogP contribution in [0.4, 0.5) is 0 Å².